The van der Waals surface area contributed by atoms with Crippen LogP contribution in [-0.4, -0.2) is 18.5 Å². The fourth-order valence-electron chi connectivity index (χ4n) is 4.90. The zero-order valence-corrected chi connectivity index (χ0v) is 17.7. The van der Waals surface area contributed by atoms with Gasteiger partial charge in [0.2, 0.25) is 0 Å². The minimum atomic E-state index is 0.323. The van der Waals surface area contributed by atoms with Gasteiger partial charge < -0.3 is 4.74 Å². The summed E-state index contributed by atoms with van der Waals surface area (Å²) in [6.07, 6.45) is 9.77. The zero-order valence-electron chi connectivity index (χ0n) is 17.7. The second kappa shape index (κ2) is 9.71. The molecular weight excluding hydrogens is 356 g/mol. The summed E-state index contributed by atoms with van der Waals surface area (Å²) in [4.78, 5) is 11.4. The summed E-state index contributed by atoms with van der Waals surface area (Å²) in [6.45, 7) is 3.08. The zero-order chi connectivity index (χ0) is 20.1. The third-order valence-electron chi connectivity index (χ3n) is 6.98. The Labute approximate surface area is 175 Å². The van der Waals surface area contributed by atoms with Crippen LogP contribution in [0.3, 0.4) is 0 Å². The molecule has 0 N–H and O–H groups in total. The van der Waals surface area contributed by atoms with Crippen molar-refractivity contribution in [3.05, 3.63) is 59.7 Å². The van der Waals surface area contributed by atoms with E-state index in [2.05, 4.69) is 55.5 Å². The molecule has 2 aromatic rings. The molecule has 2 saturated carbocycles. The molecule has 2 aromatic carbocycles. The molecule has 0 bridgehead atoms. The number of rotatable bonds is 6. The van der Waals surface area contributed by atoms with Crippen molar-refractivity contribution in [1.29, 1.82) is 0 Å². The van der Waals surface area contributed by atoms with E-state index in [1.165, 1.54) is 47.9 Å². The molecule has 29 heavy (non-hydrogen) atoms. The van der Waals surface area contributed by atoms with Crippen LogP contribution in [0.5, 0.6) is 0 Å². The molecule has 0 spiro atoms. The predicted molar refractivity (Wildman–Crippen MR) is 119 cm³/mol. The Morgan fingerprint density at radius 3 is 1.97 bits per heavy atom. The maximum atomic E-state index is 11.4. The Bertz CT molecular complexity index is 772. The maximum Gasteiger partial charge on any atom is 0.133 e. The molecule has 2 heteroatoms. The SMILES string of the molecule is CCc1ccc(-c2ccc(C3CCC(COC4CCC(=O)CC4)CC3)cc2)cc1. The van der Waals surface area contributed by atoms with Crippen LogP contribution in [0.25, 0.3) is 11.1 Å². The monoisotopic (exact) mass is 390 g/mol. The van der Waals surface area contributed by atoms with Gasteiger partial charge in [0, 0.05) is 19.4 Å². The first-order chi connectivity index (χ1) is 14.2. The topological polar surface area (TPSA) is 26.3 Å². The van der Waals surface area contributed by atoms with Crippen LogP contribution >= 0.6 is 0 Å². The predicted octanol–water partition coefficient (Wildman–Crippen LogP) is 6.72. The van der Waals surface area contributed by atoms with Crippen molar-refractivity contribution in [1.82, 2.24) is 0 Å². The lowest BCUT2D eigenvalue weighted by atomic mass is 9.78. The Balaban J connectivity index is 1.25. The summed E-state index contributed by atoms with van der Waals surface area (Å²) in [5.41, 5.74) is 5.50. The van der Waals surface area contributed by atoms with Gasteiger partial charge in [-0.1, -0.05) is 55.5 Å². The molecule has 0 radical (unpaired) electrons. The number of hydrogen-bond acceptors (Lipinski definition) is 2. The average Bonchev–Trinajstić information content (AvgIpc) is 2.79. The third kappa shape index (κ3) is 5.36. The number of carbonyl (C=O) groups is 1. The molecule has 0 unspecified atom stereocenters. The van der Waals surface area contributed by atoms with Crippen LogP contribution in [0.1, 0.15) is 75.3 Å². The van der Waals surface area contributed by atoms with Gasteiger partial charge in [-0.05, 0) is 79.0 Å². The van der Waals surface area contributed by atoms with Crippen LogP contribution in [-0.2, 0) is 16.0 Å². The van der Waals surface area contributed by atoms with Crippen LogP contribution in [0.15, 0.2) is 48.5 Å². The molecule has 0 saturated heterocycles. The second-order valence-corrected chi connectivity index (χ2v) is 8.96. The first-order valence-corrected chi connectivity index (χ1v) is 11.5. The summed E-state index contributed by atoms with van der Waals surface area (Å²) in [7, 11) is 0. The summed E-state index contributed by atoms with van der Waals surface area (Å²) in [5, 5.41) is 0. The van der Waals surface area contributed by atoms with Gasteiger partial charge in [0.15, 0.2) is 0 Å². The van der Waals surface area contributed by atoms with Gasteiger partial charge in [-0.15, -0.1) is 0 Å². The van der Waals surface area contributed by atoms with Gasteiger partial charge in [0.1, 0.15) is 5.78 Å². The smallest absolute Gasteiger partial charge is 0.133 e. The Morgan fingerprint density at radius 2 is 1.38 bits per heavy atom. The van der Waals surface area contributed by atoms with Gasteiger partial charge in [0.05, 0.1) is 6.10 Å². The molecule has 2 nitrogen and oxygen atoms in total. The van der Waals surface area contributed by atoms with E-state index in [0.29, 0.717) is 23.7 Å². The normalized spacial score (nSPS) is 23.3. The lowest BCUT2D eigenvalue weighted by Gasteiger charge is -2.30. The van der Waals surface area contributed by atoms with E-state index >= 15 is 0 Å². The Morgan fingerprint density at radius 1 is 0.793 bits per heavy atom. The number of benzene rings is 2. The number of ether oxygens (including phenoxy) is 1. The first kappa shape index (κ1) is 20.3. The summed E-state index contributed by atoms with van der Waals surface area (Å²) >= 11 is 0. The number of aryl methyl sites for hydroxylation is 1. The summed E-state index contributed by atoms with van der Waals surface area (Å²) in [5.74, 6) is 1.80. The van der Waals surface area contributed by atoms with Crippen LogP contribution < -0.4 is 0 Å². The first-order valence-electron chi connectivity index (χ1n) is 11.5. The fourth-order valence-corrected chi connectivity index (χ4v) is 4.90. The number of ketones is 1. The van der Waals surface area contributed by atoms with E-state index in [1.54, 1.807) is 0 Å². The molecule has 2 fully saturated rings. The molecule has 2 aliphatic rings. The highest BCUT2D eigenvalue weighted by molar-refractivity contribution is 5.79. The van der Waals surface area contributed by atoms with Gasteiger partial charge >= 0.3 is 0 Å². The largest absolute Gasteiger partial charge is 0.378 e. The van der Waals surface area contributed by atoms with Gasteiger partial charge in [-0.3, -0.25) is 4.79 Å². The van der Waals surface area contributed by atoms with Crippen LogP contribution in [0.2, 0.25) is 0 Å². The van der Waals surface area contributed by atoms with Crippen molar-refractivity contribution < 1.29 is 9.53 Å². The van der Waals surface area contributed by atoms with Gasteiger partial charge in [-0.2, -0.15) is 0 Å². The van der Waals surface area contributed by atoms with Gasteiger partial charge in [0.25, 0.3) is 0 Å². The summed E-state index contributed by atoms with van der Waals surface area (Å²) < 4.78 is 6.14. The van der Waals surface area contributed by atoms with Crippen LogP contribution in [0, 0.1) is 5.92 Å². The number of Topliss-reactive ketones (excluding diaryl/α,β-unsaturated/α-hetero) is 1. The van der Waals surface area contributed by atoms with E-state index < -0.39 is 0 Å². The molecule has 4 rings (SSSR count). The lowest BCUT2D eigenvalue weighted by molar-refractivity contribution is -0.123. The third-order valence-corrected chi connectivity index (χ3v) is 6.98. The lowest BCUT2D eigenvalue weighted by Crippen LogP contribution is -2.25. The molecule has 0 amide bonds. The standard InChI is InChI=1S/C27H34O2/c1-2-20-3-7-22(8-4-20)24-11-13-25(14-12-24)23-9-5-21(6-10-23)19-29-27-17-15-26(28)16-18-27/h3-4,7-8,11-14,21,23,27H,2,5-6,9-10,15-19H2,1H3. The molecule has 0 aromatic heterocycles. The Kier molecular flexibility index (Phi) is 6.82. The molecule has 0 atom stereocenters. The quantitative estimate of drug-likeness (QED) is 0.547. The molecule has 0 heterocycles. The van der Waals surface area contributed by atoms with E-state index in [-0.39, 0.29) is 0 Å². The van der Waals surface area contributed by atoms with Crippen molar-refractivity contribution in [2.75, 3.05) is 6.61 Å². The molecule has 0 aliphatic heterocycles. The molecule has 154 valence electrons. The van der Waals surface area contributed by atoms with Gasteiger partial charge in [-0.25, -0.2) is 0 Å². The van der Waals surface area contributed by atoms with E-state index in [4.69, 9.17) is 4.74 Å². The number of hydrogen-bond donors (Lipinski definition) is 0. The van der Waals surface area contributed by atoms with Crippen molar-refractivity contribution in [3.63, 3.8) is 0 Å². The Hall–Kier alpha value is -1.93. The maximum absolute atomic E-state index is 11.4. The summed E-state index contributed by atoms with van der Waals surface area (Å²) in [6, 6.07) is 18.2. The molecular formula is C27H34O2. The van der Waals surface area contributed by atoms with Crippen molar-refractivity contribution in [3.8, 4) is 11.1 Å². The molecule has 2 aliphatic carbocycles. The van der Waals surface area contributed by atoms with Crippen molar-refractivity contribution in [2.24, 2.45) is 5.92 Å². The minimum Gasteiger partial charge on any atom is -0.378 e. The van der Waals surface area contributed by atoms with Crippen molar-refractivity contribution >= 4 is 5.78 Å². The minimum absolute atomic E-state index is 0.323. The highest BCUT2D eigenvalue weighted by Crippen LogP contribution is 2.37. The average molecular weight is 391 g/mol. The second-order valence-electron chi connectivity index (χ2n) is 8.96. The fraction of sp³-hybridized carbons (Fsp3) is 0.519. The van der Waals surface area contributed by atoms with E-state index in [0.717, 1.165) is 38.7 Å². The number of carbonyl (C=O) groups excluding carboxylic acids is 1. The highest BCUT2D eigenvalue weighted by atomic mass is 16.5. The van der Waals surface area contributed by atoms with Crippen molar-refractivity contribution in [2.45, 2.75) is 76.7 Å². The highest BCUT2D eigenvalue weighted by Gasteiger charge is 2.25. The van der Waals surface area contributed by atoms with E-state index in [1.807, 2.05) is 0 Å². The van der Waals surface area contributed by atoms with E-state index in [9.17, 15) is 4.79 Å². The van der Waals surface area contributed by atoms with Crippen LogP contribution in [0.4, 0.5) is 0 Å².